The van der Waals surface area contributed by atoms with Gasteiger partial charge in [0.1, 0.15) is 0 Å². The second-order valence-corrected chi connectivity index (χ2v) is 3.26. The minimum atomic E-state index is -0.389. The molecule has 0 aliphatic heterocycles. The van der Waals surface area contributed by atoms with Crippen molar-refractivity contribution in [3.05, 3.63) is 10.1 Å². The molecule has 0 N–H and O–H groups in total. The highest BCUT2D eigenvalue weighted by molar-refractivity contribution is 4.64. The lowest BCUT2D eigenvalue weighted by Crippen LogP contribution is -2.30. The lowest BCUT2D eigenvalue weighted by atomic mass is 9.94. The Kier molecular flexibility index (Phi) is 3.33. The molecular weight excluding hydrogens is 130 g/mol. The Balaban J connectivity index is 4.12. The van der Waals surface area contributed by atoms with Crippen molar-refractivity contribution in [3.63, 3.8) is 0 Å². The van der Waals surface area contributed by atoms with Crippen LogP contribution in [0.5, 0.6) is 0 Å². The maximum atomic E-state index is 10.4. The van der Waals surface area contributed by atoms with Gasteiger partial charge in [0.2, 0.25) is 6.04 Å². The highest BCUT2D eigenvalue weighted by Crippen LogP contribution is 2.14. The molecule has 0 radical (unpaired) electrons. The first-order valence-corrected chi connectivity index (χ1v) is 3.60. The van der Waals surface area contributed by atoms with E-state index in [1.165, 1.54) is 0 Å². The van der Waals surface area contributed by atoms with Crippen molar-refractivity contribution in [2.75, 3.05) is 0 Å². The minimum absolute atomic E-state index is 0.134. The average molecular weight is 145 g/mol. The molecule has 0 heterocycles. The molecule has 0 amide bonds. The van der Waals surface area contributed by atoms with E-state index in [0.717, 1.165) is 0 Å². The van der Waals surface area contributed by atoms with Crippen molar-refractivity contribution >= 4 is 0 Å². The molecule has 0 saturated heterocycles. The molecule has 60 valence electrons. The molecule has 0 aromatic heterocycles. The molecule has 0 spiro atoms. The minimum Gasteiger partial charge on any atom is -0.264 e. The average Bonchev–Trinajstić information content (AvgIpc) is 1.59. The van der Waals surface area contributed by atoms with Gasteiger partial charge in [0.25, 0.3) is 0 Å². The Morgan fingerprint density at radius 2 is 1.40 bits per heavy atom. The molecule has 3 heteroatoms. The maximum Gasteiger partial charge on any atom is 0.217 e. The fourth-order valence-electron chi connectivity index (χ4n) is 1.26. The van der Waals surface area contributed by atoms with E-state index in [9.17, 15) is 10.1 Å². The van der Waals surface area contributed by atoms with Crippen molar-refractivity contribution in [1.29, 1.82) is 0 Å². The number of rotatable bonds is 3. The summed E-state index contributed by atoms with van der Waals surface area (Å²) in [6.45, 7) is 7.53. The Hall–Kier alpha value is -0.600. The SMILES string of the molecule is CC(C)C(C(C)C)[N+](=O)[O-]. The lowest BCUT2D eigenvalue weighted by molar-refractivity contribution is -0.539. The molecule has 0 aromatic carbocycles. The molecule has 0 saturated carbocycles. The van der Waals surface area contributed by atoms with Crippen LogP contribution in [-0.2, 0) is 0 Å². The number of hydrogen-bond donors (Lipinski definition) is 0. The van der Waals surface area contributed by atoms with Gasteiger partial charge in [-0.1, -0.05) is 27.7 Å². The molecular formula is C7H15NO2. The monoisotopic (exact) mass is 145 g/mol. The van der Waals surface area contributed by atoms with Gasteiger partial charge in [0.15, 0.2) is 0 Å². The van der Waals surface area contributed by atoms with Crippen LogP contribution in [-0.4, -0.2) is 11.0 Å². The summed E-state index contributed by atoms with van der Waals surface area (Å²) in [7, 11) is 0. The summed E-state index contributed by atoms with van der Waals surface area (Å²) in [6.07, 6.45) is 0. The lowest BCUT2D eigenvalue weighted by Gasteiger charge is -2.15. The zero-order chi connectivity index (χ0) is 8.31. The van der Waals surface area contributed by atoms with Gasteiger partial charge in [0, 0.05) is 16.8 Å². The standard InChI is InChI=1S/C7H15NO2/c1-5(2)7(6(3)4)8(9)10/h5-7H,1-4H3. The van der Waals surface area contributed by atoms with E-state index in [4.69, 9.17) is 0 Å². The van der Waals surface area contributed by atoms with Crippen molar-refractivity contribution in [2.45, 2.75) is 33.7 Å². The van der Waals surface area contributed by atoms with E-state index >= 15 is 0 Å². The Bertz CT molecular complexity index is 113. The van der Waals surface area contributed by atoms with Crippen LogP contribution in [0, 0.1) is 22.0 Å². The second kappa shape index (κ2) is 3.54. The molecule has 10 heavy (non-hydrogen) atoms. The highest BCUT2D eigenvalue weighted by atomic mass is 16.6. The van der Waals surface area contributed by atoms with E-state index in [1.807, 2.05) is 27.7 Å². The first-order chi connectivity index (χ1) is 4.46. The van der Waals surface area contributed by atoms with Gasteiger partial charge in [-0.3, -0.25) is 10.1 Å². The summed E-state index contributed by atoms with van der Waals surface area (Å²) in [4.78, 5) is 10.2. The third kappa shape index (κ3) is 2.33. The van der Waals surface area contributed by atoms with Crippen LogP contribution < -0.4 is 0 Å². The molecule has 0 fully saturated rings. The zero-order valence-electron chi connectivity index (χ0n) is 7.00. The van der Waals surface area contributed by atoms with Gasteiger partial charge < -0.3 is 0 Å². The summed E-state index contributed by atoms with van der Waals surface area (Å²) in [5.41, 5.74) is 0. The van der Waals surface area contributed by atoms with Crippen LogP contribution in [0.4, 0.5) is 0 Å². The largest absolute Gasteiger partial charge is 0.264 e. The molecule has 0 atom stereocenters. The van der Waals surface area contributed by atoms with Crippen LogP contribution in [0.15, 0.2) is 0 Å². The first-order valence-electron chi connectivity index (χ1n) is 3.60. The van der Waals surface area contributed by atoms with Crippen molar-refractivity contribution < 1.29 is 4.92 Å². The van der Waals surface area contributed by atoms with Crippen LogP contribution in [0.25, 0.3) is 0 Å². The molecule has 3 nitrogen and oxygen atoms in total. The van der Waals surface area contributed by atoms with Crippen LogP contribution >= 0.6 is 0 Å². The fraction of sp³-hybridized carbons (Fsp3) is 1.00. The van der Waals surface area contributed by atoms with E-state index < -0.39 is 0 Å². The Labute approximate surface area is 61.6 Å². The van der Waals surface area contributed by atoms with E-state index in [0.29, 0.717) is 0 Å². The van der Waals surface area contributed by atoms with Crippen molar-refractivity contribution in [3.8, 4) is 0 Å². The summed E-state index contributed by atoms with van der Waals surface area (Å²) in [5, 5.41) is 10.4. The Morgan fingerprint density at radius 1 is 1.10 bits per heavy atom. The van der Waals surface area contributed by atoms with Gasteiger partial charge in [-0.25, -0.2) is 0 Å². The Morgan fingerprint density at radius 3 is 1.40 bits per heavy atom. The van der Waals surface area contributed by atoms with Crippen molar-refractivity contribution in [1.82, 2.24) is 0 Å². The molecule has 0 aliphatic rings. The molecule has 0 rings (SSSR count). The number of hydrogen-bond acceptors (Lipinski definition) is 2. The summed E-state index contributed by atoms with van der Waals surface area (Å²) in [6, 6.07) is -0.389. The number of nitro groups is 1. The van der Waals surface area contributed by atoms with E-state index in [2.05, 4.69) is 0 Å². The first kappa shape index (κ1) is 9.40. The van der Waals surface area contributed by atoms with Gasteiger partial charge in [-0.15, -0.1) is 0 Å². The molecule has 0 unspecified atom stereocenters. The van der Waals surface area contributed by atoms with Gasteiger partial charge in [-0.05, 0) is 0 Å². The third-order valence-electron chi connectivity index (χ3n) is 1.61. The molecule has 0 bridgehead atoms. The van der Waals surface area contributed by atoms with Crippen LogP contribution in [0.3, 0.4) is 0 Å². The predicted octanol–water partition coefficient (Wildman–Crippen LogP) is 1.94. The van der Waals surface area contributed by atoms with E-state index in [-0.39, 0.29) is 22.8 Å². The highest BCUT2D eigenvalue weighted by Gasteiger charge is 2.27. The van der Waals surface area contributed by atoms with E-state index in [1.54, 1.807) is 0 Å². The fourth-order valence-corrected chi connectivity index (χ4v) is 1.26. The summed E-state index contributed by atoms with van der Waals surface area (Å²) < 4.78 is 0. The van der Waals surface area contributed by atoms with Crippen molar-refractivity contribution in [2.24, 2.45) is 11.8 Å². The normalized spacial score (nSPS) is 11.5. The maximum absolute atomic E-state index is 10.4. The second-order valence-electron chi connectivity index (χ2n) is 3.26. The summed E-state index contributed by atoms with van der Waals surface area (Å²) in [5.74, 6) is 0.269. The third-order valence-corrected chi connectivity index (χ3v) is 1.61. The predicted molar refractivity (Wildman–Crippen MR) is 40.5 cm³/mol. The topological polar surface area (TPSA) is 43.1 Å². The van der Waals surface area contributed by atoms with Crippen LogP contribution in [0.1, 0.15) is 27.7 Å². The van der Waals surface area contributed by atoms with Gasteiger partial charge >= 0.3 is 0 Å². The van der Waals surface area contributed by atoms with Crippen LogP contribution in [0.2, 0.25) is 0 Å². The molecule has 0 aromatic rings. The summed E-state index contributed by atoms with van der Waals surface area (Å²) >= 11 is 0. The zero-order valence-corrected chi connectivity index (χ0v) is 7.00. The van der Waals surface area contributed by atoms with Gasteiger partial charge in [-0.2, -0.15) is 0 Å². The smallest absolute Gasteiger partial charge is 0.217 e. The molecule has 0 aliphatic carbocycles. The van der Waals surface area contributed by atoms with Gasteiger partial charge in [0.05, 0.1) is 0 Å². The number of nitrogens with zero attached hydrogens (tertiary/aromatic N) is 1. The quantitative estimate of drug-likeness (QED) is 0.450.